The summed E-state index contributed by atoms with van der Waals surface area (Å²) < 4.78 is 28.5. The quantitative estimate of drug-likeness (QED) is 0.235. The summed E-state index contributed by atoms with van der Waals surface area (Å²) in [5.41, 5.74) is 1.15. The van der Waals surface area contributed by atoms with Crippen molar-refractivity contribution in [3.8, 4) is 6.07 Å². The van der Waals surface area contributed by atoms with Crippen LogP contribution in [0.1, 0.15) is 47.2 Å². The van der Waals surface area contributed by atoms with Crippen LogP contribution in [-0.4, -0.2) is 71.3 Å². The molecule has 46 heavy (non-hydrogen) atoms. The Bertz CT molecular complexity index is 1780. The van der Waals surface area contributed by atoms with E-state index in [2.05, 4.69) is 20.9 Å². The molecule has 1 saturated heterocycles. The number of halogens is 2. The Labute approximate surface area is 275 Å². The zero-order valence-corrected chi connectivity index (χ0v) is 26.6. The molecule has 2 aliphatic rings. The average Bonchev–Trinajstić information content (AvgIpc) is 3.45. The Morgan fingerprint density at radius 3 is 2.37 bits per heavy atom. The van der Waals surface area contributed by atoms with Gasteiger partial charge >= 0.3 is 5.97 Å². The van der Waals surface area contributed by atoms with Gasteiger partial charge in [0, 0.05) is 43.1 Å². The summed E-state index contributed by atoms with van der Waals surface area (Å²) in [6.07, 6.45) is 5.62. The van der Waals surface area contributed by atoms with Gasteiger partial charge in [0.1, 0.15) is 12.1 Å². The molecule has 1 aromatic heterocycles. The van der Waals surface area contributed by atoms with Crippen molar-refractivity contribution in [2.24, 2.45) is 0 Å². The maximum atomic E-state index is 13.7. The lowest BCUT2D eigenvalue weighted by Gasteiger charge is -2.29. The minimum absolute atomic E-state index is 0.0224. The molecule has 0 bridgehead atoms. The number of benzene rings is 2. The lowest BCUT2D eigenvalue weighted by atomic mass is 9.92. The van der Waals surface area contributed by atoms with Crippen LogP contribution in [-0.2, 0) is 26.0 Å². The van der Waals surface area contributed by atoms with Crippen LogP contribution in [0.15, 0.2) is 65.8 Å². The first-order valence-electron chi connectivity index (χ1n) is 14.5. The fourth-order valence-electron chi connectivity index (χ4n) is 5.45. The predicted molar refractivity (Wildman–Crippen MR) is 170 cm³/mol. The van der Waals surface area contributed by atoms with Crippen molar-refractivity contribution in [1.82, 2.24) is 19.9 Å². The molecule has 2 fully saturated rings. The van der Waals surface area contributed by atoms with Gasteiger partial charge in [0.15, 0.2) is 0 Å². The summed E-state index contributed by atoms with van der Waals surface area (Å²) in [4.78, 5) is 42.2. The fraction of sp³-hybridized carbons (Fsp3) is 0.323. The van der Waals surface area contributed by atoms with E-state index in [0.717, 1.165) is 23.6 Å². The van der Waals surface area contributed by atoms with Gasteiger partial charge in [0.05, 0.1) is 32.1 Å². The van der Waals surface area contributed by atoms with Crippen LogP contribution in [0.5, 0.6) is 0 Å². The maximum absolute atomic E-state index is 13.7. The van der Waals surface area contributed by atoms with Crippen molar-refractivity contribution in [3.63, 3.8) is 0 Å². The van der Waals surface area contributed by atoms with Crippen molar-refractivity contribution in [2.75, 3.05) is 11.9 Å². The number of rotatable bonds is 11. The number of sulfonamides is 1. The number of carboxylic acids is 1. The summed E-state index contributed by atoms with van der Waals surface area (Å²) in [6.45, 7) is 0.0224. The molecule has 3 aromatic rings. The number of nitrogens with one attached hydrogen (secondary N) is 3. The number of hydrogen-bond donors (Lipinski definition) is 4. The maximum Gasteiger partial charge on any atom is 0.326 e. The third kappa shape index (κ3) is 7.49. The zero-order valence-electron chi connectivity index (χ0n) is 24.3. The molecule has 12 nitrogen and oxygen atoms in total. The number of nitriles is 1. The number of carbonyl (C=O) groups is 3. The van der Waals surface area contributed by atoms with Crippen molar-refractivity contribution in [2.45, 2.75) is 61.2 Å². The van der Waals surface area contributed by atoms with E-state index in [1.807, 2.05) is 6.07 Å². The van der Waals surface area contributed by atoms with E-state index in [1.54, 1.807) is 24.3 Å². The lowest BCUT2D eigenvalue weighted by Crippen LogP contribution is -2.51. The molecule has 240 valence electrons. The SMILES string of the molecule is N#Cc1cccc(S(=O)(=O)N2CC(NC3CCC3)CC2C(=O)NC(Cc2ccc(NC(=O)c3c(Cl)cncc3Cl)cc2)C(=O)O)c1. The van der Waals surface area contributed by atoms with Gasteiger partial charge in [-0.3, -0.25) is 14.6 Å². The van der Waals surface area contributed by atoms with E-state index >= 15 is 0 Å². The summed E-state index contributed by atoms with van der Waals surface area (Å²) in [5, 5.41) is 28.0. The molecule has 3 unspecified atom stereocenters. The monoisotopic (exact) mass is 684 g/mol. The van der Waals surface area contributed by atoms with E-state index in [4.69, 9.17) is 23.2 Å². The first-order chi connectivity index (χ1) is 22.0. The van der Waals surface area contributed by atoms with Gasteiger partial charge < -0.3 is 21.1 Å². The van der Waals surface area contributed by atoms with Gasteiger partial charge in [-0.2, -0.15) is 9.57 Å². The molecule has 1 saturated carbocycles. The van der Waals surface area contributed by atoms with Crippen LogP contribution in [0.3, 0.4) is 0 Å². The van der Waals surface area contributed by atoms with E-state index < -0.39 is 39.9 Å². The lowest BCUT2D eigenvalue weighted by molar-refractivity contribution is -0.142. The number of aromatic nitrogens is 1. The number of carboxylic acid groups (broad SMARTS) is 1. The minimum Gasteiger partial charge on any atom is -0.480 e. The molecule has 3 atom stereocenters. The van der Waals surface area contributed by atoms with Gasteiger partial charge in [-0.25, -0.2) is 13.2 Å². The van der Waals surface area contributed by atoms with E-state index in [9.17, 15) is 33.2 Å². The van der Waals surface area contributed by atoms with Crippen LogP contribution >= 0.6 is 23.2 Å². The van der Waals surface area contributed by atoms with Gasteiger partial charge in [-0.15, -0.1) is 0 Å². The summed E-state index contributed by atoms with van der Waals surface area (Å²) in [5.74, 6) is -2.59. The smallest absolute Gasteiger partial charge is 0.326 e. The fourth-order valence-corrected chi connectivity index (χ4v) is 7.68. The summed E-state index contributed by atoms with van der Waals surface area (Å²) >= 11 is 12.1. The van der Waals surface area contributed by atoms with Crippen molar-refractivity contribution in [3.05, 3.63) is 87.7 Å². The predicted octanol–water partition coefficient (Wildman–Crippen LogP) is 3.60. The van der Waals surface area contributed by atoms with Gasteiger partial charge in [0.25, 0.3) is 5.91 Å². The molecular formula is C31H30Cl2N6O6S. The molecule has 2 heterocycles. The third-order valence-electron chi connectivity index (χ3n) is 8.05. The Hall–Kier alpha value is -4.06. The average molecular weight is 686 g/mol. The molecule has 1 aliphatic heterocycles. The van der Waals surface area contributed by atoms with Gasteiger partial charge in [0.2, 0.25) is 15.9 Å². The number of amides is 2. The molecule has 5 rings (SSSR count). The molecule has 4 N–H and O–H groups in total. The molecule has 2 amide bonds. The molecule has 0 radical (unpaired) electrons. The van der Waals surface area contributed by atoms with Crippen LogP contribution in [0.2, 0.25) is 10.0 Å². The highest BCUT2D eigenvalue weighted by molar-refractivity contribution is 7.89. The first-order valence-corrected chi connectivity index (χ1v) is 16.7. The normalized spacial score (nSPS) is 19.1. The Morgan fingerprint density at radius 1 is 1.07 bits per heavy atom. The Kier molecular flexibility index (Phi) is 10.2. The van der Waals surface area contributed by atoms with Crippen LogP contribution < -0.4 is 16.0 Å². The van der Waals surface area contributed by atoms with E-state index in [1.165, 1.54) is 36.7 Å². The van der Waals surface area contributed by atoms with Crippen LogP contribution in [0.25, 0.3) is 0 Å². The number of hydrogen-bond acceptors (Lipinski definition) is 8. The molecule has 0 spiro atoms. The second kappa shape index (κ2) is 14.1. The van der Waals surface area contributed by atoms with Crippen LogP contribution in [0, 0.1) is 11.3 Å². The van der Waals surface area contributed by atoms with Crippen LogP contribution in [0.4, 0.5) is 5.69 Å². The highest BCUT2D eigenvalue weighted by Crippen LogP contribution is 2.30. The molecule has 2 aromatic carbocycles. The minimum atomic E-state index is -4.20. The first kappa shape index (κ1) is 33.3. The zero-order chi connectivity index (χ0) is 33.0. The highest BCUT2D eigenvalue weighted by atomic mass is 35.5. The number of pyridine rings is 1. The number of aliphatic carboxylic acids is 1. The number of nitrogens with zero attached hydrogens (tertiary/aromatic N) is 3. The Balaban J connectivity index is 1.30. The largest absolute Gasteiger partial charge is 0.480 e. The highest BCUT2D eigenvalue weighted by Gasteiger charge is 2.45. The van der Waals surface area contributed by atoms with Gasteiger partial charge in [-0.1, -0.05) is 47.8 Å². The van der Waals surface area contributed by atoms with Crippen molar-refractivity contribution < 1.29 is 27.9 Å². The second-order valence-corrected chi connectivity index (χ2v) is 13.9. The van der Waals surface area contributed by atoms with E-state index in [-0.39, 0.29) is 57.5 Å². The Morgan fingerprint density at radius 2 is 1.76 bits per heavy atom. The van der Waals surface area contributed by atoms with Gasteiger partial charge in [-0.05, 0) is 55.2 Å². The molecule has 1 aliphatic carbocycles. The molecular weight excluding hydrogens is 655 g/mol. The molecule has 15 heteroatoms. The topological polar surface area (TPSA) is 182 Å². The van der Waals surface area contributed by atoms with Crippen molar-refractivity contribution >= 4 is 56.7 Å². The van der Waals surface area contributed by atoms with Crippen molar-refractivity contribution in [1.29, 1.82) is 5.26 Å². The standard InChI is InChI=1S/C31H30Cl2N6O6S/c32-24-15-35-16-25(33)28(24)30(41)37-21-9-7-18(8-10-21)12-26(31(42)43)38-29(40)27-13-22(36-20-4-2-5-20)17-39(27)46(44,45)23-6-1-3-19(11-23)14-34/h1,3,6-11,15-16,20,22,26-27,36H,2,4-5,12-13,17H2,(H,37,41)(H,38,40)(H,42,43). The summed E-state index contributed by atoms with van der Waals surface area (Å²) in [7, 11) is -4.20. The number of carbonyl (C=O) groups excluding carboxylic acids is 2. The number of anilines is 1. The summed E-state index contributed by atoms with van der Waals surface area (Å²) in [6, 6.07) is 11.2. The third-order valence-corrected chi connectivity index (χ3v) is 10.5. The second-order valence-electron chi connectivity index (χ2n) is 11.2. The van der Waals surface area contributed by atoms with E-state index in [0.29, 0.717) is 11.3 Å².